The van der Waals surface area contributed by atoms with Gasteiger partial charge in [0.1, 0.15) is 19.4 Å². The number of aldehydes is 1. The van der Waals surface area contributed by atoms with Crippen LogP contribution in [0.4, 0.5) is 0 Å². The standard InChI is InChI=1S/C13H16N2O3/c1-4-14-18-9-12-10(2)6-5-7-11(12)13(8-16)15-17-3/h4-8H,9H2,1-3H3/b14-4+,15-13-. The van der Waals surface area contributed by atoms with Gasteiger partial charge in [-0.3, -0.25) is 4.79 Å². The highest BCUT2D eigenvalue weighted by molar-refractivity contribution is 6.36. The normalized spacial score (nSPS) is 11.6. The van der Waals surface area contributed by atoms with Crippen LogP contribution in [0.25, 0.3) is 0 Å². The van der Waals surface area contributed by atoms with Crippen molar-refractivity contribution in [2.24, 2.45) is 10.3 Å². The van der Waals surface area contributed by atoms with Crippen molar-refractivity contribution in [1.82, 2.24) is 0 Å². The van der Waals surface area contributed by atoms with Crippen LogP contribution in [0.2, 0.25) is 0 Å². The van der Waals surface area contributed by atoms with Gasteiger partial charge in [-0.25, -0.2) is 0 Å². The molecule has 1 rings (SSSR count). The second kappa shape index (κ2) is 7.21. The predicted molar refractivity (Wildman–Crippen MR) is 69.7 cm³/mol. The van der Waals surface area contributed by atoms with Gasteiger partial charge < -0.3 is 9.68 Å². The molecule has 0 fully saturated rings. The maximum Gasteiger partial charge on any atom is 0.172 e. The lowest BCUT2D eigenvalue weighted by Crippen LogP contribution is -2.09. The molecule has 0 aromatic heterocycles. The van der Waals surface area contributed by atoms with E-state index in [4.69, 9.17) is 4.84 Å². The molecule has 0 radical (unpaired) electrons. The van der Waals surface area contributed by atoms with Crippen molar-refractivity contribution in [1.29, 1.82) is 0 Å². The summed E-state index contributed by atoms with van der Waals surface area (Å²) in [5, 5.41) is 7.39. The first-order chi connectivity index (χ1) is 8.74. The summed E-state index contributed by atoms with van der Waals surface area (Å²) in [5.74, 6) is 0. The molecule has 5 nitrogen and oxygen atoms in total. The molecule has 0 N–H and O–H groups in total. The summed E-state index contributed by atoms with van der Waals surface area (Å²) in [6.07, 6.45) is 2.21. The van der Waals surface area contributed by atoms with Gasteiger partial charge in [0.15, 0.2) is 6.29 Å². The fraction of sp³-hybridized carbons (Fsp3) is 0.308. The SMILES string of the molecule is C/C=N/OCc1c(C)cccc1/C(C=O)=N\OC. The van der Waals surface area contributed by atoms with Crippen molar-refractivity contribution in [2.45, 2.75) is 20.5 Å². The number of carbonyl (C=O) groups excluding carboxylic acids is 1. The number of hydrogen-bond acceptors (Lipinski definition) is 5. The molecule has 5 heteroatoms. The number of benzene rings is 1. The third-order valence-corrected chi connectivity index (χ3v) is 2.38. The Balaban J connectivity index is 3.13. The van der Waals surface area contributed by atoms with E-state index >= 15 is 0 Å². The monoisotopic (exact) mass is 248 g/mol. The highest BCUT2D eigenvalue weighted by atomic mass is 16.6. The molecule has 18 heavy (non-hydrogen) atoms. The maximum absolute atomic E-state index is 11.0. The van der Waals surface area contributed by atoms with Crippen LogP contribution in [-0.4, -0.2) is 25.3 Å². The Hall–Kier alpha value is -2.17. The second-order valence-corrected chi connectivity index (χ2v) is 3.52. The van der Waals surface area contributed by atoms with Gasteiger partial charge in [-0.15, -0.1) is 0 Å². The van der Waals surface area contributed by atoms with Crippen LogP contribution in [0.3, 0.4) is 0 Å². The summed E-state index contributed by atoms with van der Waals surface area (Å²) in [5.41, 5.74) is 2.80. The van der Waals surface area contributed by atoms with E-state index < -0.39 is 0 Å². The van der Waals surface area contributed by atoms with E-state index in [1.54, 1.807) is 19.2 Å². The Morgan fingerprint density at radius 3 is 2.83 bits per heavy atom. The van der Waals surface area contributed by atoms with E-state index in [0.717, 1.165) is 11.1 Å². The number of hydrogen-bond donors (Lipinski definition) is 0. The molecular formula is C13H16N2O3. The highest BCUT2D eigenvalue weighted by Crippen LogP contribution is 2.16. The maximum atomic E-state index is 11.0. The quantitative estimate of drug-likeness (QED) is 0.440. The number of oxime groups is 2. The first-order valence-corrected chi connectivity index (χ1v) is 5.49. The van der Waals surface area contributed by atoms with Gasteiger partial charge in [0.25, 0.3) is 0 Å². The van der Waals surface area contributed by atoms with E-state index in [9.17, 15) is 4.79 Å². The average Bonchev–Trinajstić information content (AvgIpc) is 2.38. The Bertz CT molecular complexity index is 467. The largest absolute Gasteiger partial charge is 0.399 e. The number of aryl methyl sites for hydroxylation is 1. The molecule has 1 aromatic rings. The number of nitrogens with zero attached hydrogens (tertiary/aromatic N) is 2. The molecule has 0 spiro atoms. The van der Waals surface area contributed by atoms with Crippen molar-refractivity contribution in [3.63, 3.8) is 0 Å². The topological polar surface area (TPSA) is 60.2 Å². The molecule has 0 saturated carbocycles. The van der Waals surface area contributed by atoms with Gasteiger partial charge in [0.2, 0.25) is 0 Å². The molecule has 0 unspecified atom stereocenters. The summed E-state index contributed by atoms with van der Waals surface area (Å²) >= 11 is 0. The van der Waals surface area contributed by atoms with E-state index in [2.05, 4.69) is 15.1 Å². The minimum atomic E-state index is 0.236. The van der Waals surface area contributed by atoms with Crippen LogP contribution in [0.5, 0.6) is 0 Å². The molecule has 0 saturated heterocycles. The Labute approximate surface area is 106 Å². The van der Waals surface area contributed by atoms with Gasteiger partial charge in [0.05, 0.1) is 0 Å². The van der Waals surface area contributed by atoms with Gasteiger partial charge in [-0.05, 0) is 19.4 Å². The van der Waals surface area contributed by atoms with Gasteiger partial charge in [-0.2, -0.15) is 0 Å². The van der Waals surface area contributed by atoms with Gasteiger partial charge in [-0.1, -0.05) is 28.5 Å². The molecule has 0 amide bonds. The molecule has 0 aliphatic carbocycles. The van der Waals surface area contributed by atoms with Crippen LogP contribution in [-0.2, 0) is 21.1 Å². The van der Waals surface area contributed by atoms with Crippen molar-refractivity contribution < 1.29 is 14.5 Å². The summed E-state index contributed by atoms with van der Waals surface area (Å²) < 4.78 is 0. The molecule has 0 heterocycles. The first-order valence-electron chi connectivity index (χ1n) is 5.49. The number of rotatable bonds is 6. The van der Waals surface area contributed by atoms with E-state index in [1.807, 2.05) is 19.1 Å². The van der Waals surface area contributed by atoms with Crippen LogP contribution in [0.15, 0.2) is 28.5 Å². The second-order valence-electron chi connectivity index (χ2n) is 3.52. The van der Waals surface area contributed by atoms with Crippen molar-refractivity contribution in [3.05, 3.63) is 34.9 Å². The lowest BCUT2D eigenvalue weighted by atomic mass is 9.99. The first kappa shape index (κ1) is 13.9. The zero-order valence-corrected chi connectivity index (χ0v) is 10.7. The molecule has 0 aliphatic rings. The molecular weight excluding hydrogens is 232 g/mol. The lowest BCUT2D eigenvalue weighted by molar-refractivity contribution is -0.102. The molecule has 0 atom stereocenters. The third kappa shape index (κ3) is 3.41. The van der Waals surface area contributed by atoms with Crippen LogP contribution in [0.1, 0.15) is 23.6 Å². The number of carbonyl (C=O) groups is 1. The molecule has 1 aromatic carbocycles. The van der Waals surface area contributed by atoms with E-state index in [0.29, 0.717) is 11.8 Å². The highest BCUT2D eigenvalue weighted by Gasteiger charge is 2.12. The fourth-order valence-electron chi connectivity index (χ4n) is 1.54. The summed E-state index contributed by atoms with van der Waals surface area (Å²) in [4.78, 5) is 20.8. The molecule has 0 aliphatic heterocycles. The van der Waals surface area contributed by atoms with E-state index in [1.165, 1.54) is 7.11 Å². The van der Waals surface area contributed by atoms with Crippen LogP contribution in [0, 0.1) is 6.92 Å². The summed E-state index contributed by atoms with van der Waals surface area (Å²) in [6.45, 7) is 3.98. The zero-order chi connectivity index (χ0) is 13.4. The summed E-state index contributed by atoms with van der Waals surface area (Å²) in [6, 6.07) is 5.59. The van der Waals surface area contributed by atoms with E-state index in [-0.39, 0.29) is 12.3 Å². The molecule has 96 valence electrons. The van der Waals surface area contributed by atoms with Crippen LogP contribution < -0.4 is 0 Å². The van der Waals surface area contributed by atoms with Gasteiger partial charge >= 0.3 is 0 Å². The minimum Gasteiger partial charge on any atom is -0.399 e. The Kier molecular flexibility index (Phi) is 5.57. The average molecular weight is 248 g/mol. The van der Waals surface area contributed by atoms with Crippen molar-refractivity contribution in [2.75, 3.05) is 7.11 Å². The van der Waals surface area contributed by atoms with Crippen LogP contribution >= 0.6 is 0 Å². The third-order valence-electron chi connectivity index (χ3n) is 2.38. The van der Waals surface area contributed by atoms with Gasteiger partial charge in [0, 0.05) is 17.3 Å². The summed E-state index contributed by atoms with van der Waals surface area (Å²) in [7, 11) is 1.40. The Morgan fingerprint density at radius 1 is 1.44 bits per heavy atom. The predicted octanol–water partition coefficient (Wildman–Crippen LogP) is 2.07. The fourth-order valence-corrected chi connectivity index (χ4v) is 1.54. The Morgan fingerprint density at radius 2 is 2.22 bits per heavy atom. The van der Waals surface area contributed by atoms with Crippen molar-refractivity contribution >= 4 is 18.2 Å². The van der Waals surface area contributed by atoms with Crippen molar-refractivity contribution in [3.8, 4) is 0 Å². The molecule has 0 bridgehead atoms. The zero-order valence-electron chi connectivity index (χ0n) is 10.7. The smallest absolute Gasteiger partial charge is 0.172 e. The lowest BCUT2D eigenvalue weighted by Gasteiger charge is -2.10. The minimum absolute atomic E-state index is 0.236.